The summed E-state index contributed by atoms with van der Waals surface area (Å²) in [5.41, 5.74) is 1.33. The minimum atomic E-state index is -4.19. The Hall–Kier alpha value is -0.980. The van der Waals surface area contributed by atoms with E-state index in [4.69, 9.17) is 18.6 Å². The summed E-state index contributed by atoms with van der Waals surface area (Å²) in [5, 5.41) is 0. The molecule has 5 nitrogen and oxygen atoms in total. The molecule has 0 heterocycles. The standard InChI is InChI=1S/C15H22N.ClH3O4/c1-2-16(15-11-7-4-8-12-15)13-14-9-5-3-6-10-14;2-1(3,4)5/h3,5-6,9-10,13,15H,2,4,7-8,11-12H2,1H3;2-4H/q+1;. The Bertz CT molecular complexity index is 419. The third-order valence-corrected chi connectivity index (χ3v) is 3.52. The summed E-state index contributed by atoms with van der Waals surface area (Å²) in [4.78, 5) is 0. The van der Waals surface area contributed by atoms with Gasteiger partial charge in [-0.2, -0.15) is 0 Å². The van der Waals surface area contributed by atoms with E-state index in [-0.39, 0.29) is 0 Å². The minimum absolute atomic E-state index is 0.777. The van der Waals surface area contributed by atoms with Crippen LogP contribution in [0.25, 0.3) is 0 Å². The van der Waals surface area contributed by atoms with Gasteiger partial charge in [-0.1, -0.05) is 24.6 Å². The van der Waals surface area contributed by atoms with Crippen molar-refractivity contribution in [3.63, 3.8) is 0 Å². The number of halogens is 1. The molecular formula is C15H25ClNO4+. The van der Waals surface area contributed by atoms with Crippen molar-refractivity contribution >= 4 is 6.21 Å². The van der Waals surface area contributed by atoms with E-state index in [1.165, 1.54) is 37.7 Å². The van der Waals surface area contributed by atoms with Gasteiger partial charge in [0, 0.05) is 18.4 Å². The summed E-state index contributed by atoms with van der Waals surface area (Å²) in [6, 6.07) is 11.4. The normalized spacial score (nSPS) is 17.9. The molecule has 0 spiro atoms. The summed E-state index contributed by atoms with van der Waals surface area (Å²) >= 11 is 0. The van der Waals surface area contributed by atoms with E-state index in [1.54, 1.807) is 0 Å². The van der Waals surface area contributed by atoms with E-state index >= 15 is 0 Å². The van der Waals surface area contributed by atoms with Gasteiger partial charge in [0.2, 0.25) is 0 Å². The van der Waals surface area contributed by atoms with Gasteiger partial charge in [0.05, 0.1) is 0 Å². The number of hydrogen-bond donors (Lipinski definition) is 3. The van der Waals surface area contributed by atoms with Gasteiger partial charge >= 0.3 is 28.9 Å². The molecule has 0 amide bonds. The number of benzene rings is 1. The molecule has 2 rings (SSSR count). The van der Waals surface area contributed by atoms with Crippen LogP contribution in [-0.2, 0) is 0 Å². The molecule has 21 heavy (non-hydrogen) atoms. The Kier molecular flexibility index (Phi) is 7.85. The predicted octanol–water partition coefficient (Wildman–Crippen LogP) is 0.611. The first-order valence-electron chi connectivity index (χ1n) is 7.22. The first-order chi connectivity index (χ1) is 9.90. The van der Waals surface area contributed by atoms with Crippen LogP contribution in [0.3, 0.4) is 0 Å². The van der Waals surface area contributed by atoms with Gasteiger partial charge in [0.25, 0.3) is 0 Å². The zero-order valence-electron chi connectivity index (χ0n) is 12.4. The summed E-state index contributed by atoms with van der Waals surface area (Å²) in [7, 11) is -4.19. The zero-order chi connectivity index (χ0) is 15.7. The van der Waals surface area contributed by atoms with E-state index in [1.807, 2.05) is 0 Å². The molecule has 1 aromatic carbocycles. The topological polar surface area (TPSA) is 86.8 Å². The van der Waals surface area contributed by atoms with Crippen LogP contribution >= 0.6 is 0 Å². The Morgan fingerprint density at radius 2 is 1.67 bits per heavy atom. The molecule has 1 aliphatic carbocycles. The maximum atomic E-state index is 8.83. The number of nitrogens with zero attached hydrogens (tertiary/aromatic N) is 1. The summed E-state index contributed by atoms with van der Waals surface area (Å²) in [6.07, 6.45) is 9.32. The second-order valence-corrected chi connectivity index (χ2v) is 5.96. The monoisotopic (exact) mass is 318 g/mol. The molecule has 0 atom stereocenters. The average Bonchev–Trinajstić information content (AvgIpc) is 2.45. The van der Waals surface area contributed by atoms with Crippen molar-refractivity contribution in [2.24, 2.45) is 0 Å². The van der Waals surface area contributed by atoms with Crippen LogP contribution < -0.4 is 4.66 Å². The van der Waals surface area contributed by atoms with Crippen molar-refractivity contribution in [1.29, 1.82) is 0 Å². The fourth-order valence-corrected chi connectivity index (χ4v) is 2.60. The Morgan fingerprint density at radius 1 is 1.14 bits per heavy atom. The molecule has 0 unspecified atom stereocenters. The zero-order valence-corrected chi connectivity index (χ0v) is 13.1. The van der Waals surface area contributed by atoms with Crippen LogP contribution in [0.15, 0.2) is 30.3 Å². The predicted molar refractivity (Wildman–Crippen MR) is 75.9 cm³/mol. The summed E-state index contributed by atoms with van der Waals surface area (Å²) < 4.78 is 32.7. The SMILES string of the molecule is CC[N+](=Cc1ccccc1)C1CCCCC1.[O-][Cl+](O)(O)O. The van der Waals surface area contributed by atoms with Crippen LogP contribution in [-0.4, -0.2) is 37.4 Å². The van der Waals surface area contributed by atoms with Crippen LogP contribution in [0.4, 0.5) is 0 Å². The number of rotatable bonds is 3. The third-order valence-electron chi connectivity index (χ3n) is 3.52. The van der Waals surface area contributed by atoms with Crippen molar-refractivity contribution in [2.75, 3.05) is 6.54 Å². The quantitative estimate of drug-likeness (QED) is 0.563. The fourth-order valence-electron chi connectivity index (χ4n) is 2.60. The molecule has 1 aromatic rings. The van der Waals surface area contributed by atoms with Crippen LogP contribution in [0, 0.1) is 10.2 Å². The van der Waals surface area contributed by atoms with E-state index in [9.17, 15) is 0 Å². The molecule has 0 aromatic heterocycles. The molecule has 1 aliphatic rings. The van der Waals surface area contributed by atoms with Gasteiger partial charge in [-0.25, -0.2) is 4.58 Å². The van der Waals surface area contributed by atoms with Gasteiger partial charge in [-0.3, -0.25) is 0 Å². The second kappa shape index (κ2) is 9.12. The van der Waals surface area contributed by atoms with E-state index in [2.05, 4.69) is 48.0 Å². The van der Waals surface area contributed by atoms with E-state index in [0.29, 0.717) is 0 Å². The van der Waals surface area contributed by atoms with Gasteiger partial charge in [0.1, 0.15) is 6.54 Å². The van der Waals surface area contributed by atoms with E-state index < -0.39 is 10.2 Å². The van der Waals surface area contributed by atoms with Crippen LogP contribution in [0.2, 0.25) is 0 Å². The van der Waals surface area contributed by atoms with Crippen molar-refractivity contribution in [2.45, 2.75) is 45.1 Å². The number of hydrogen-bond acceptors (Lipinski definition) is 4. The van der Waals surface area contributed by atoms with Crippen LogP contribution in [0.1, 0.15) is 44.6 Å². The third kappa shape index (κ3) is 8.80. The first kappa shape index (κ1) is 18.1. The molecule has 0 aliphatic heterocycles. The summed E-state index contributed by atoms with van der Waals surface area (Å²) in [5.74, 6) is 0. The van der Waals surface area contributed by atoms with E-state index in [0.717, 1.165) is 12.6 Å². The van der Waals surface area contributed by atoms with Gasteiger partial charge in [-0.15, -0.1) is 0 Å². The van der Waals surface area contributed by atoms with Crippen molar-refractivity contribution in [1.82, 2.24) is 0 Å². The molecule has 6 heteroatoms. The first-order valence-corrected chi connectivity index (χ1v) is 8.54. The van der Waals surface area contributed by atoms with Gasteiger partial charge in [0.15, 0.2) is 12.3 Å². The van der Waals surface area contributed by atoms with Gasteiger partial charge < -0.3 is 0 Å². The van der Waals surface area contributed by atoms with Crippen molar-refractivity contribution in [3.05, 3.63) is 35.9 Å². The molecule has 120 valence electrons. The molecule has 0 radical (unpaired) electrons. The van der Waals surface area contributed by atoms with Crippen molar-refractivity contribution in [3.8, 4) is 0 Å². The fraction of sp³-hybridized carbons (Fsp3) is 0.533. The Morgan fingerprint density at radius 3 is 2.14 bits per heavy atom. The Balaban J connectivity index is 0.000000383. The Labute approximate surface area is 127 Å². The molecule has 0 saturated heterocycles. The van der Waals surface area contributed by atoms with Crippen LogP contribution in [0.5, 0.6) is 0 Å². The molecule has 1 saturated carbocycles. The maximum absolute atomic E-state index is 8.83. The second-order valence-electron chi connectivity index (χ2n) is 5.10. The van der Waals surface area contributed by atoms with Gasteiger partial charge in [-0.05, 0) is 31.9 Å². The molecule has 1 fully saturated rings. The molecular weight excluding hydrogens is 294 g/mol. The van der Waals surface area contributed by atoms with Crippen molar-refractivity contribution < 1.29 is 33.5 Å². The molecule has 0 bridgehead atoms. The molecule has 3 N–H and O–H groups in total. The average molecular weight is 319 g/mol. The summed E-state index contributed by atoms with van der Waals surface area (Å²) in [6.45, 7) is 3.38.